The number of nitriles is 1. The number of pyridine rings is 2. The molecule has 0 radical (unpaired) electrons. The molecule has 1 aliphatic carbocycles. The molecule has 0 aromatic carbocycles. The van der Waals surface area contributed by atoms with E-state index in [1.165, 1.54) is 12.8 Å². The molecule has 2 aromatic rings. The van der Waals surface area contributed by atoms with Crippen molar-refractivity contribution < 1.29 is 4.39 Å². The highest BCUT2D eigenvalue weighted by Gasteiger charge is 2.19. The highest BCUT2D eigenvalue weighted by atomic mass is 19.1. The fourth-order valence-electron chi connectivity index (χ4n) is 4.18. The number of rotatable bonds is 5. The first kappa shape index (κ1) is 24.4. The molecule has 1 saturated carbocycles. The molecular formula is C26H32FN5O. The van der Waals surface area contributed by atoms with Gasteiger partial charge >= 0.3 is 0 Å². The zero-order valence-corrected chi connectivity index (χ0v) is 19.2. The van der Waals surface area contributed by atoms with E-state index in [-0.39, 0.29) is 11.1 Å². The standard InChI is InChI=1S/C16H20FNO.C10H12N4/c1-2-3-4-9-13-10-15(12-7-5-6-8-12)18-16(19)14(13)11-17;11-7-9-1-2-10(13-8-9)14-5-3-12-4-6-14/h2-4,9-10,12H,5-8,11H2,1H3,(H,18,19);1-2,8,12H,3-6H2/b3-2?,9-4-;. The molecule has 4 rings (SSSR count). The molecule has 7 heteroatoms. The van der Waals surface area contributed by atoms with E-state index in [4.69, 9.17) is 5.26 Å². The van der Waals surface area contributed by atoms with Crippen molar-refractivity contribution in [1.82, 2.24) is 15.3 Å². The van der Waals surface area contributed by atoms with E-state index in [0.29, 0.717) is 17.0 Å². The Kier molecular flexibility index (Phi) is 9.40. The van der Waals surface area contributed by atoms with E-state index in [2.05, 4.69) is 26.3 Å². The maximum absolute atomic E-state index is 13.0. The number of hydrogen-bond donors (Lipinski definition) is 2. The zero-order valence-electron chi connectivity index (χ0n) is 19.2. The van der Waals surface area contributed by atoms with Crippen molar-refractivity contribution in [3.05, 3.63) is 75.4 Å². The normalized spacial score (nSPS) is 16.7. The lowest BCUT2D eigenvalue weighted by atomic mass is 9.99. The van der Waals surface area contributed by atoms with Crippen LogP contribution in [-0.2, 0) is 6.67 Å². The van der Waals surface area contributed by atoms with Gasteiger partial charge in [-0.3, -0.25) is 4.79 Å². The van der Waals surface area contributed by atoms with E-state index in [0.717, 1.165) is 50.5 Å². The molecule has 174 valence electrons. The van der Waals surface area contributed by atoms with Crippen LogP contribution in [0.5, 0.6) is 0 Å². The zero-order chi connectivity index (χ0) is 23.5. The summed E-state index contributed by atoms with van der Waals surface area (Å²) >= 11 is 0. The largest absolute Gasteiger partial charge is 0.354 e. The SMILES string of the molecule is CC=C/C=C\c1cc(C2CCCC2)[nH]c(=O)c1CF.N#Cc1ccc(N2CCNCC2)nc1. The van der Waals surface area contributed by atoms with Gasteiger partial charge in [0.1, 0.15) is 18.6 Å². The highest BCUT2D eigenvalue weighted by Crippen LogP contribution is 2.33. The Hall–Kier alpha value is -3.24. The van der Waals surface area contributed by atoms with Crippen molar-refractivity contribution in [3.63, 3.8) is 0 Å². The number of alkyl halides is 1. The number of nitrogens with one attached hydrogen (secondary N) is 2. The van der Waals surface area contributed by atoms with Gasteiger partial charge < -0.3 is 15.2 Å². The van der Waals surface area contributed by atoms with Crippen LogP contribution in [0.3, 0.4) is 0 Å². The topological polar surface area (TPSA) is 84.8 Å². The lowest BCUT2D eigenvalue weighted by molar-refractivity contribution is 0.480. The number of nitrogens with zero attached hydrogens (tertiary/aromatic N) is 3. The van der Waals surface area contributed by atoms with E-state index >= 15 is 0 Å². The minimum atomic E-state index is -0.726. The van der Waals surface area contributed by atoms with Crippen LogP contribution in [0.15, 0.2) is 47.4 Å². The van der Waals surface area contributed by atoms with Gasteiger partial charge in [0, 0.05) is 38.1 Å². The summed E-state index contributed by atoms with van der Waals surface area (Å²) in [7, 11) is 0. The number of anilines is 1. The molecule has 33 heavy (non-hydrogen) atoms. The van der Waals surface area contributed by atoms with Crippen molar-refractivity contribution >= 4 is 11.9 Å². The third kappa shape index (κ3) is 6.87. The fraction of sp³-hybridized carbons (Fsp3) is 0.423. The molecular weight excluding hydrogens is 417 g/mol. The first-order valence-electron chi connectivity index (χ1n) is 11.6. The number of allylic oxidation sites excluding steroid dienone is 3. The van der Waals surface area contributed by atoms with Crippen molar-refractivity contribution in [2.75, 3.05) is 31.1 Å². The summed E-state index contributed by atoms with van der Waals surface area (Å²) in [6.07, 6.45) is 13.7. The molecule has 3 heterocycles. The van der Waals surface area contributed by atoms with Crippen LogP contribution in [0.1, 0.15) is 60.9 Å². The van der Waals surface area contributed by atoms with Crippen LogP contribution >= 0.6 is 0 Å². The number of aromatic amines is 1. The minimum absolute atomic E-state index is 0.225. The third-order valence-corrected chi connectivity index (χ3v) is 6.02. The van der Waals surface area contributed by atoms with Gasteiger partial charge in [-0.25, -0.2) is 9.37 Å². The van der Waals surface area contributed by atoms with Gasteiger partial charge in [0.25, 0.3) is 5.56 Å². The van der Waals surface area contributed by atoms with Gasteiger partial charge in [-0.15, -0.1) is 0 Å². The predicted molar refractivity (Wildman–Crippen MR) is 131 cm³/mol. The van der Waals surface area contributed by atoms with Crippen molar-refractivity contribution in [1.29, 1.82) is 5.26 Å². The van der Waals surface area contributed by atoms with E-state index in [9.17, 15) is 9.18 Å². The molecule has 0 spiro atoms. The molecule has 0 bridgehead atoms. The molecule has 0 atom stereocenters. The maximum atomic E-state index is 13.0. The predicted octanol–water partition coefficient (Wildman–Crippen LogP) is 4.45. The Morgan fingerprint density at radius 1 is 1.24 bits per heavy atom. The van der Waals surface area contributed by atoms with Crippen LogP contribution in [0.2, 0.25) is 0 Å². The Labute approximate surface area is 194 Å². The first-order chi connectivity index (χ1) is 16.2. The molecule has 1 aliphatic heterocycles. The molecule has 2 fully saturated rings. The van der Waals surface area contributed by atoms with Crippen LogP contribution < -0.4 is 15.8 Å². The summed E-state index contributed by atoms with van der Waals surface area (Å²) in [5, 5.41) is 11.9. The molecule has 0 unspecified atom stereocenters. The number of aromatic nitrogens is 2. The van der Waals surface area contributed by atoms with Gasteiger partial charge in [0.05, 0.1) is 11.1 Å². The summed E-state index contributed by atoms with van der Waals surface area (Å²) in [4.78, 5) is 21.3. The van der Waals surface area contributed by atoms with Crippen LogP contribution in [0, 0.1) is 11.3 Å². The maximum Gasteiger partial charge on any atom is 0.254 e. The molecule has 2 N–H and O–H groups in total. The van der Waals surface area contributed by atoms with Crippen molar-refractivity contribution in [3.8, 4) is 6.07 Å². The number of H-pyrrole nitrogens is 1. The van der Waals surface area contributed by atoms with Crippen molar-refractivity contribution in [2.45, 2.75) is 45.2 Å². The van der Waals surface area contributed by atoms with Gasteiger partial charge in [-0.2, -0.15) is 5.26 Å². The third-order valence-electron chi connectivity index (χ3n) is 6.02. The van der Waals surface area contributed by atoms with Crippen LogP contribution in [-0.4, -0.2) is 36.1 Å². The minimum Gasteiger partial charge on any atom is -0.354 e. The van der Waals surface area contributed by atoms with Crippen LogP contribution in [0.4, 0.5) is 10.2 Å². The fourth-order valence-corrected chi connectivity index (χ4v) is 4.18. The average molecular weight is 450 g/mol. The average Bonchev–Trinajstić information content (AvgIpc) is 3.40. The van der Waals surface area contributed by atoms with E-state index in [1.807, 2.05) is 49.4 Å². The van der Waals surface area contributed by atoms with E-state index in [1.54, 1.807) is 6.20 Å². The summed E-state index contributed by atoms with van der Waals surface area (Å²) in [6.45, 7) is 5.17. The molecule has 6 nitrogen and oxygen atoms in total. The number of hydrogen-bond acceptors (Lipinski definition) is 5. The van der Waals surface area contributed by atoms with Gasteiger partial charge in [-0.05, 0) is 49.4 Å². The Morgan fingerprint density at radius 2 is 2.00 bits per heavy atom. The molecule has 0 amide bonds. The molecule has 2 aliphatic rings. The number of piperazine rings is 1. The van der Waals surface area contributed by atoms with Gasteiger partial charge in [0.2, 0.25) is 0 Å². The first-order valence-corrected chi connectivity index (χ1v) is 11.6. The van der Waals surface area contributed by atoms with Gasteiger partial charge in [0.15, 0.2) is 0 Å². The Bertz CT molecular complexity index is 1040. The Morgan fingerprint density at radius 3 is 2.61 bits per heavy atom. The summed E-state index contributed by atoms with van der Waals surface area (Å²) in [5.41, 5.74) is 2.21. The second-order valence-corrected chi connectivity index (χ2v) is 8.24. The quantitative estimate of drug-likeness (QED) is 0.659. The molecule has 2 aromatic heterocycles. The number of halogens is 1. The second-order valence-electron chi connectivity index (χ2n) is 8.24. The smallest absolute Gasteiger partial charge is 0.254 e. The van der Waals surface area contributed by atoms with E-state index < -0.39 is 6.67 Å². The Balaban J connectivity index is 0.000000194. The van der Waals surface area contributed by atoms with Crippen molar-refractivity contribution in [2.24, 2.45) is 0 Å². The van der Waals surface area contributed by atoms with Crippen LogP contribution in [0.25, 0.3) is 6.08 Å². The highest BCUT2D eigenvalue weighted by molar-refractivity contribution is 5.55. The molecule has 1 saturated heterocycles. The monoisotopic (exact) mass is 449 g/mol. The summed E-state index contributed by atoms with van der Waals surface area (Å²) in [6, 6.07) is 7.72. The summed E-state index contributed by atoms with van der Waals surface area (Å²) in [5.74, 6) is 1.39. The summed E-state index contributed by atoms with van der Waals surface area (Å²) < 4.78 is 13.0. The lowest BCUT2D eigenvalue weighted by Crippen LogP contribution is -2.43. The lowest BCUT2D eigenvalue weighted by Gasteiger charge is -2.28. The second kappa shape index (κ2) is 12.7. The van der Waals surface area contributed by atoms with Gasteiger partial charge in [-0.1, -0.05) is 37.1 Å².